The molecule has 3 aromatic carbocycles. The van der Waals surface area contributed by atoms with E-state index in [1.54, 1.807) is 24.3 Å². The van der Waals surface area contributed by atoms with Crippen molar-refractivity contribution >= 4 is 45.9 Å². The maximum absolute atomic E-state index is 12.5. The molecule has 0 saturated carbocycles. The van der Waals surface area contributed by atoms with Crippen LogP contribution in [0.4, 0.5) is 0 Å². The van der Waals surface area contributed by atoms with Crippen LogP contribution in [0.5, 0.6) is 0 Å². The van der Waals surface area contributed by atoms with Gasteiger partial charge in [0, 0.05) is 22.7 Å². The summed E-state index contributed by atoms with van der Waals surface area (Å²) in [6.45, 7) is 0.443. The molecule has 2 heterocycles. The first-order valence-corrected chi connectivity index (χ1v) is 11.2. The van der Waals surface area contributed by atoms with Gasteiger partial charge in [0.15, 0.2) is 16.5 Å². The molecule has 0 aliphatic carbocycles. The smallest absolute Gasteiger partial charge is 0.293 e. The van der Waals surface area contributed by atoms with E-state index in [-0.39, 0.29) is 10.9 Å². The molecule has 0 spiro atoms. The van der Waals surface area contributed by atoms with Gasteiger partial charge < -0.3 is 14.2 Å². The number of furan rings is 1. The van der Waals surface area contributed by atoms with Gasteiger partial charge in [0.25, 0.3) is 5.91 Å². The van der Waals surface area contributed by atoms with E-state index in [4.69, 9.17) is 32.7 Å². The van der Waals surface area contributed by atoms with Crippen molar-refractivity contribution in [2.24, 2.45) is 0 Å². The van der Waals surface area contributed by atoms with Gasteiger partial charge in [0.1, 0.15) is 11.3 Å². The summed E-state index contributed by atoms with van der Waals surface area (Å²) in [5.74, 6) is 0.837. The summed E-state index contributed by atoms with van der Waals surface area (Å²) in [5.41, 5.74) is 4.22. The fraction of sp³-hybridized carbons (Fsp3) is 0.0385. The molecule has 34 heavy (non-hydrogen) atoms. The van der Waals surface area contributed by atoms with Crippen molar-refractivity contribution < 1.29 is 13.6 Å². The highest BCUT2D eigenvalue weighted by atomic mass is 35.5. The number of rotatable bonds is 5. The molecule has 6 nitrogen and oxygen atoms in total. The third kappa shape index (κ3) is 4.85. The van der Waals surface area contributed by atoms with E-state index in [1.165, 1.54) is 0 Å². The molecule has 0 bridgehead atoms. The van der Waals surface area contributed by atoms with Crippen LogP contribution in [-0.4, -0.2) is 16.0 Å². The van der Waals surface area contributed by atoms with Crippen molar-refractivity contribution in [2.75, 3.05) is 0 Å². The lowest BCUT2D eigenvalue weighted by atomic mass is 10.1. The average molecular weight is 488 g/mol. The van der Waals surface area contributed by atoms with Crippen molar-refractivity contribution in [3.05, 3.63) is 101 Å². The van der Waals surface area contributed by atoms with Crippen LogP contribution in [-0.2, 0) is 6.54 Å². The van der Waals surface area contributed by atoms with Crippen LogP contribution in [0.15, 0.2) is 93.8 Å². The third-order valence-electron chi connectivity index (χ3n) is 5.11. The van der Waals surface area contributed by atoms with Gasteiger partial charge in [-0.1, -0.05) is 48.0 Å². The van der Waals surface area contributed by atoms with E-state index in [0.717, 1.165) is 27.8 Å². The first kappa shape index (κ1) is 21.9. The van der Waals surface area contributed by atoms with Gasteiger partial charge in [-0.3, -0.25) is 10.1 Å². The number of fused-ring (bicyclic) bond motifs is 1. The van der Waals surface area contributed by atoms with Crippen molar-refractivity contribution in [2.45, 2.75) is 6.54 Å². The molecule has 0 atom stereocenters. The fourth-order valence-electron chi connectivity index (χ4n) is 3.41. The first-order chi connectivity index (χ1) is 16.5. The molecule has 0 aliphatic rings. The Morgan fingerprint density at radius 3 is 2.53 bits per heavy atom. The number of benzene rings is 3. The summed E-state index contributed by atoms with van der Waals surface area (Å²) in [5, 5.41) is 6.45. The predicted octanol–water partition coefficient (Wildman–Crippen LogP) is 6.21. The van der Waals surface area contributed by atoms with Gasteiger partial charge in [-0.2, -0.15) is 0 Å². The van der Waals surface area contributed by atoms with Crippen LogP contribution in [0.25, 0.3) is 33.9 Å². The minimum atomic E-state index is -0.433. The normalized spacial score (nSPS) is 10.9. The van der Waals surface area contributed by atoms with Gasteiger partial charge in [-0.15, -0.1) is 0 Å². The average Bonchev–Trinajstić information content (AvgIpc) is 3.51. The maximum Gasteiger partial charge on any atom is 0.293 e. The Bertz CT molecular complexity index is 1460. The summed E-state index contributed by atoms with van der Waals surface area (Å²) in [4.78, 5) is 17.0. The van der Waals surface area contributed by atoms with E-state index in [2.05, 4.69) is 15.6 Å². The maximum atomic E-state index is 12.5. The molecule has 0 aliphatic heterocycles. The second kappa shape index (κ2) is 9.51. The molecule has 1 amide bonds. The summed E-state index contributed by atoms with van der Waals surface area (Å²) in [6, 6.07) is 25.9. The van der Waals surface area contributed by atoms with Crippen LogP contribution in [0.2, 0.25) is 5.02 Å². The zero-order valence-corrected chi connectivity index (χ0v) is 19.3. The van der Waals surface area contributed by atoms with Crippen LogP contribution >= 0.6 is 23.8 Å². The highest BCUT2D eigenvalue weighted by Crippen LogP contribution is 2.25. The Hall–Kier alpha value is -3.94. The quantitative estimate of drug-likeness (QED) is 0.287. The van der Waals surface area contributed by atoms with Crippen LogP contribution < -0.4 is 10.6 Å². The van der Waals surface area contributed by atoms with E-state index in [0.29, 0.717) is 23.2 Å². The lowest BCUT2D eigenvalue weighted by Gasteiger charge is -2.09. The molecule has 8 heteroatoms. The Labute approximate surface area is 205 Å². The highest BCUT2D eigenvalue weighted by molar-refractivity contribution is 7.80. The Balaban J connectivity index is 1.16. The Morgan fingerprint density at radius 2 is 1.74 bits per heavy atom. The SMILES string of the molecule is O=C(NC(=S)NCc1ccc(-c2nc3ccccc3o2)cc1)c1ccc(-c2cccc(Cl)c2)o1. The van der Waals surface area contributed by atoms with E-state index >= 15 is 0 Å². The summed E-state index contributed by atoms with van der Waals surface area (Å²) in [7, 11) is 0. The second-order valence-corrected chi connectivity index (χ2v) is 8.34. The molecular weight excluding hydrogens is 470 g/mol. The monoisotopic (exact) mass is 487 g/mol. The number of halogens is 1. The first-order valence-electron chi connectivity index (χ1n) is 10.4. The third-order valence-corrected chi connectivity index (χ3v) is 5.60. The number of carbonyl (C=O) groups excluding carboxylic acids is 1. The van der Waals surface area contributed by atoms with Gasteiger partial charge >= 0.3 is 0 Å². The van der Waals surface area contributed by atoms with Crippen molar-refractivity contribution in [3.63, 3.8) is 0 Å². The Kier molecular flexibility index (Phi) is 6.12. The lowest BCUT2D eigenvalue weighted by Crippen LogP contribution is -2.38. The summed E-state index contributed by atoms with van der Waals surface area (Å²) in [6.07, 6.45) is 0. The van der Waals surface area contributed by atoms with Crippen LogP contribution in [0.3, 0.4) is 0 Å². The molecular formula is C26H18ClN3O3S. The van der Waals surface area contributed by atoms with Crippen molar-refractivity contribution in [3.8, 4) is 22.8 Å². The summed E-state index contributed by atoms with van der Waals surface area (Å²) >= 11 is 11.3. The topological polar surface area (TPSA) is 80.3 Å². The molecule has 5 rings (SSSR count). The number of hydrogen-bond donors (Lipinski definition) is 2. The lowest BCUT2D eigenvalue weighted by molar-refractivity contribution is 0.0950. The molecule has 5 aromatic rings. The number of carbonyl (C=O) groups is 1. The minimum Gasteiger partial charge on any atom is -0.451 e. The van der Waals surface area contributed by atoms with Crippen molar-refractivity contribution in [1.82, 2.24) is 15.6 Å². The number of nitrogens with one attached hydrogen (secondary N) is 2. The van der Waals surface area contributed by atoms with Gasteiger partial charge in [0.05, 0.1) is 0 Å². The molecule has 0 radical (unpaired) electrons. The standard InChI is InChI=1S/C26H18ClN3O3S/c27-19-5-3-4-18(14-19)21-12-13-23(32-21)24(31)30-26(34)28-15-16-8-10-17(11-9-16)25-29-20-6-1-2-7-22(20)33-25/h1-14H,15H2,(H2,28,30,31,34). The zero-order valence-electron chi connectivity index (χ0n) is 17.7. The molecule has 2 N–H and O–H groups in total. The number of para-hydroxylation sites is 2. The molecule has 0 saturated heterocycles. The van der Waals surface area contributed by atoms with Crippen LogP contribution in [0.1, 0.15) is 16.1 Å². The van der Waals surface area contributed by atoms with E-state index < -0.39 is 5.91 Å². The van der Waals surface area contributed by atoms with Gasteiger partial charge in [-0.25, -0.2) is 4.98 Å². The van der Waals surface area contributed by atoms with Gasteiger partial charge in [-0.05, 0) is 66.3 Å². The largest absolute Gasteiger partial charge is 0.451 e. The number of amides is 1. The molecule has 2 aromatic heterocycles. The molecule has 0 fully saturated rings. The number of thiocarbonyl (C=S) groups is 1. The molecule has 0 unspecified atom stereocenters. The molecule has 168 valence electrons. The minimum absolute atomic E-state index is 0.154. The highest BCUT2D eigenvalue weighted by Gasteiger charge is 2.14. The number of aromatic nitrogens is 1. The van der Waals surface area contributed by atoms with E-state index in [1.807, 2.05) is 60.7 Å². The zero-order chi connectivity index (χ0) is 23.5. The Morgan fingerprint density at radius 1 is 0.912 bits per heavy atom. The fourth-order valence-corrected chi connectivity index (χ4v) is 3.76. The van der Waals surface area contributed by atoms with E-state index in [9.17, 15) is 4.79 Å². The number of hydrogen-bond acceptors (Lipinski definition) is 5. The van der Waals surface area contributed by atoms with Crippen molar-refractivity contribution in [1.29, 1.82) is 0 Å². The predicted molar refractivity (Wildman–Crippen MR) is 136 cm³/mol. The van der Waals surface area contributed by atoms with Crippen LogP contribution in [0, 0.1) is 0 Å². The number of nitrogens with zero attached hydrogens (tertiary/aromatic N) is 1. The second-order valence-electron chi connectivity index (χ2n) is 7.49. The summed E-state index contributed by atoms with van der Waals surface area (Å²) < 4.78 is 11.5. The van der Waals surface area contributed by atoms with Gasteiger partial charge in [0.2, 0.25) is 5.89 Å². The number of oxazole rings is 1.